The van der Waals surface area contributed by atoms with Crippen molar-refractivity contribution in [2.75, 3.05) is 17.7 Å². The molecule has 0 aliphatic heterocycles. The van der Waals surface area contributed by atoms with Gasteiger partial charge < -0.3 is 10.1 Å². The van der Waals surface area contributed by atoms with Crippen LogP contribution in [0.4, 0.5) is 5.69 Å². The number of hydrogen-bond acceptors (Lipinski definition) is 4. The third-order valence-corrected chi connectivity index (χ3v) is 5.40. The highest BCUT2D eigenvalue weighted by molar-refractivity contribution is 7.92. The summed E-state index contributed by atoms with van der Waals surface area (Å²) in [6, 6.07) is 13.6. The molecule has 27 heavy (non-hydrogen) atoms. The Labute approximate surface area is 161 Å². The number of nitrogens with one attached hydrogen (secondary N) is 1. The van der Waals surface area contributed by atoms with Gasteiger partial charge in [-0.05, 0) is 43.2 Å². The molecule has 2 aromatic carbocycles. The molecule has 0 saturated carbocycles. The van der Waals surface area contributed by atoms with Crippen molar-refractivity contribution < 1.29 is 17.9 Å². The summed E-state index contributed by atoms with van der Waals surface area (Å²) in [6.45, 7) is 4.01. The molecular formula is C20H26N2O4S. The minimum Gasteiger partial charge on any atom is -0.497 e. The maximum atomic E-state index is 12.8. The lowest BCUT2D eigenvalue weighted by molar-refractivity contribution is -0.122. The molecule has 0 aliphatic carbocycles. The number of rotatable bonds is 8. The zero-order chi connectivity index (χ0) is 20.0. The van der Waals surface area contributed by atoms with Gasteiger partial charge in [0.2, 0.25) is 15.9 Å². The van der Waals surface area contributed by atoms with Crippen LogP contribution in [0.1, 0.15) is 24.5 Å². The van der Waals surface area contributed by atoms with Crippen LogP contribution in [-0.2, 0) is 21.4 Å². The summed E-state index contributed by atoms with van der Waals surface area (Å²) in [7, 11) is -2.05. The highest BCUT2D eigenvalue weighted by Crippen LogP contribution is 2.23. The smallest absolute Gasteiger partial charge is 0.244 e. The molecule has 2 rings (SSSR count). The molecule has 146 valence electrons. The Balaban J connectivity index is 2.22. The van der Waals surface area contributed by atoms with Gasteiger partial charge >= 0.3 is 0 Å². The maximum Gasteiger partial charge on any atom is 0.244 e. The SMILES string of the molecule is CCC(C(=O)NCc1cccc(OC)c1)N(c1ccc(C)cc1)S(C)(=O)=O. The number of amides is 1. The van der Waals surface area contributed by atoms with Crippen molar-refractivity contribution in [3.63, 3.8) is 0 Å². The minimum atomic E-state index is -3.63. The summed E-state index contributed by atoms with van der Waals surface area (Å²) in [4.78, 5) is 12.8. The zero-order valence-corrected chi connectivity index (χ0v) is 16.9. The molecule has 0 saturated heterocycles. The van der Waals surface area contributed by atoms with Crippen molar-refractivity contribution in [3.05, 3.63) is 59.7 Å². The van der Waals surface area contributed by atoms with Gasteiger partial charge in [-0.1, -0.05) is 36.8 Å². The fourth-order valence-corrected chi connectivity index (χ4v) is 4.05. The molecule has 0 aliphatic rings. The third-order valence-electron chi connectivity index (χ3n) is 4.22. The molecule has 0 bridgehead atoms. The fourth-order valence-electron chi connectivity index (χ4n) is 2.84. The van der Waals surface area contributed by atoms with E-state index in [0.717, 1.165) is 17.4 Å². The first-order valence-electron chi connectivity index (χ1n) is 8.73. The fraction of sp³-hybridized carbons (Fsp3) is 0.350. The van der Waals surface area contributed by atoms with Crippen molar-refractivity contribution >= 4 is 21.6 Å². The van der Waals surface area contributed by atoms with Crippen LogP contribution in [0.5, 0.6) is 5.75 Å². The van der Waals surface area contributed by atoms with Crippen LogP contribution in [0.25, 0.3) is 0 Å². The van der Waals surface area contributed by atoms with E-state index in [4.69, 9.17) is 4.74 Å². The van der Waals surface area contributed by atoms with E-state index < -0.39 is 16.1 Å². The Morgan fingerprint density at radius 2 is 1.85 bits per heavy atom. The number of sulfonamides is 1. The van der Waals surface area contributed by atoms with Crippen LogP contribution in [-0.4, -0.2) is 33.7 Å². The highest BCUT2D eigenvalue weighted by atomic mass is 32.2. The summed E-state index contributed by atoms with van der Waals surface area (Å²) in [6.07, 6.45) is 1.47. The van der Waals surface area contributed by atoms with E-state index in [1.165, 1.54) is 4.31 Å². The van der Waals surface area contributed by atoms with Gasteiger partial charge in [0, 0.05) is 6.54 Å². The standard InChI is InChI=1S/C20H26N2O4S/c1-5-19(20(23)21-14-16-7-6-8-18(13-16)26-3)22(27(4,24)25)17-11-9-15(2)10-12-17/h6-13,19H,5,14H2,1-4H3,(H,21,23). The second kappa shape index (κ2) is 8.90. The Morgan fingerprint density at radius 1 is 1.19 bits per heavy atom. The van der Waals surface area contributed by atoms with Crippen molar-refractivity contribution in [2.45, 2.75) is 32.9 Å². The van der Waals surface area contributed by atoms with Gasteiger partial charge in [0.05, 0.1) is 19.1 Å². The van der Waals surface area contributed by atoms with Gasteiger partial charge in [0.25, 0.3) is 0 Å². The first-order chi connectivity index (χ1) is 12.8. The quantitative estimate of drug-likeness (QED) is 0.752. The Hall–Kier alpha value is -2.54. The Morgan fingerprint density at radius 3 is 2.41 bits per heavy atom. The molecule has 1 N–H and O–H groups in total. The normalized spacial score (nSPS) is 12.3. The van der Waals surface area contributed by atoms with Crippen LogP contribution in [0.15, 0.2) is 48.5 Å². The lowest BCUT2D eigenvalue weighted by Gasteiger charge is -2.30. The summed E-state index contributed by atoms with van der Waals surface area (Å²) in [5.74, 6) is 0.359. The maximum absolute atomic E-state index is 12.8. The molecule has 0 spiro atoms. The monoisotopic (exact) mass is 390 g/mol. The molecular weight excluding hydrogens is 364 g/mol. The third kappa shape index (κ3) is 5.47. The lowest BCUT2D eigenvalue weighted by Crippen LogP contribution is -2.49. The van der Waals surface area contributed by atoms with Gasteiger partial charge in [0.1, 0.15) is 11.8 Å². The van der Waals surface area contributed by atoms with Gasteiger partial charge in [-0.25, -0.2) is 8.42 Å². The first-order valence-corrected chi connectivity index (χ1v) is 10.6. The van der Waals surface area contributed by atoms with Crippen LogP contribution in [0.3, 0.4) is 0 Å². The molecule has 2 aromatic rings. The van der Waals surface area contributed by atoms with E-state index >= 15 is 0 Å². The average molecular weight is 391 g/mol. The minimum absolute atomic E-state index is 0.290. The second-order valence-corrected chi connectivity index (χ2v) is 8.25. The van der Waals surface area contributed by atoms with Crippen molar-refractivity contribution in [3.8, 4) is 5.75 Å². The molecule has 0 radical (unpaired) electrons. The molecule has 7 heteroatoms. The Kier molecular flexibility index (Phi) is 6.85. The number of hydrogen-bond donors (Lipinski definition) is 1. The predicted molar refractivity (Wildman–Crippen MR) is 107 cm³/mol. The van der Waals surface area contributed by atoms with Crippen LogP contribution in [0.2, 0.25) is 0 Å². The molecule has 0 aromatic heterocycles. The van der Waals surface area contributed by atoms with Crippen molar-refractivity contribution in [1.29, 1.82) is 0 Å². The van der Waals surface area contributed by atoms with E-state index in [2.05, 4.69) is 5.32 Å². The summed E-state index contributed by atoms with van der Waals surface area (Å²) < 4.78 is 31.2. The molecule has 1 unspecified atom stereocenters. The van der Waals surface area contributed by atoms with Crippen LogP contribution >= 0.6 is 0 Å². The number of carbonyl (C=O) groups is 1. The number of nitrogens with zero attached hydrogens (tertiary/aromatic N) is 1. The van der Waals surface area contributed by atoms with Crippen molar-refractivity contribution in [1.82, 2.24) is 5.32 Å². The topological polar surface area (TPSA) is 75.7 Å². The Bertz CT molecular complexity index is 879. The number of ether oxygens (including phenoxy) is 1. The van der Waals surface area contributed by atoms with Gasteiger partial charge in [-0.15, -0.1) is 0 Å². The van der Waals surface area contributed by atoms with E-state index in [0.29, 0.717) is 17.9 Å². The molecule has 1 amide bonds. The van der Waals surface area contributed by atoms with Crippen LogP contribution in [0, 0.1) is 6.92 Å². The number of benzene rings is 2. The van der Waals surface area contributed by atoms with Crippen molar-refractivity contribution in [2.24, 2.45) is 0 Å². The van der Waals surface area contributed by atoms with E-state index in [9.17, 15) is 13.2 Å². The number of aryl methyl sites for hydroxylation is 1. The molecule has 0 heterocycles. The van der Waals surface area contributed by atoms with Gasteiger partial charge in [0.15, 0.2) is 0 Å². The predicted octanol–water partition coefficient (Wildman–Crippen LogP) is 2.86. The van der Waals surface area contributed by atoms with E-state index in [1.54, 1.807) is 26.2 Å². The molecule has 6 nitrogen and oxygen atoms in total. The number of anilines is 1. The summed E-state index contributed by atoms with van der Waals surface area (Å²) in [5, 5.41) is 2.83. The largest absolute Gasteiger partial charge is 0.497 e. The van der Waals surface area contributed by atoms with E-state index in [-0.39, 0.29) is 12.5 Å². The lowest BCUT2D eigenvalue weighted by atomic mass is 10.1. The van der Waals surface area contributed by atoms with Crippen LogP contribution < -0.4 is 14.4 Å². The van der Waals surface area contributed by atoms with Gasteiger partial charge in [-0.2, -0.15) is 0 Å². The first kappa shape index (κ1) is 20.8. The second-order valence-electron chi connectivity index (χ2n) is 6.39. The summed E-state index contributed by atoms with van der Waals surface area (Å²) in [5.41, 5.74) is 2.37. The zero-order valence-electron chi connectivity index (χ0n) is 16.1. The molecule has 1 atom stereocenters. The number of carbonyl (C=O) groups excluding carboxylic acids is 1. The highest BCUT2D eigenvalue weighted by Gasteiger charge is 2.31. The molecule has 0 fully saturated rings. The number of methoxy groups -OCH3 is 1. The van der Waals surface area contributed by atoms with E-state index in [1.807, 2.05) is 43.3 Å². The van der Waals surface area contributed by atoms with Gasteiger partial charge in [-0.3, -0.25) is 9.10 Å². The average Bonchev–Trinajstić information content (AvgIpc) is 2.64. The summed E-state index contributed by atoms with van der Waals surface area (Å²) >= 11 is 0.